The van der Waals surface area contributed by atoms with Gasteiger partial charge in [-0.15, -0.1) is 0 Å². The Kier molecular flexibility index (Phi) is 3.26. The van der Waals surface area contributed by atoms with Crippen molar-refractivity contribution in [1.29, 1.82) is 0 Å². The molecule has 2 heterocycles. The summed E-state index contributed by atoms with van der Waals surface area (Å²) in [6.07, 6.45) is 4.75. The zero-order chi connectivity index (χ0) is 15.0. The SMILES string of the molecule is NC(=S)c1ccc(F)c(Cn2ccn3nccc3c2=O)c1. The molecular weight excluding hydrogens is 291 g/mol. The van der Waals surface area contributed by atoms with Gasteiger partial charge in [0.05, 0.1) is 12.7 Å². The molecule has 0 radical (unpaired) electrons. The van der Waals surface area contributed by atoms with E-state index in [-0.39, 0.29) is 17.1 Å². The maximum absolute atomic E-state index is 13.9. The standard InChI is InChI=1S/C14H11FN4OS/c15-11-2-1-9(13(16)21)7-10(11)8-18-5-6-19-12(14(18)20)3-4-17-19/h1-7H,8H2,(H2,16,21). The molecule has 0 aliphatic heterocycles. The molecule has 5 nitrogen and oxygen atoms in total. The van der Waals surface area contributed by atoms with Gasteiger partial charge in [-0.25, -0.2) is 8.91 Å². The minimum atomic E-state index is -0.407. The van der Waals surface area contributed by atoms with Crippen molar-refractivity contribution in [3.05, 3.63) is 70.2 Å². The van der Waals surface area contributed by atoms with Crippen molar-refractivity contribution in [2.24, 2.45) is 5.73 Å². The number of nitrogens with zero attached hydrogens (tertiary/aromatic N) is 3. The minimum Gasteiger partial charge on any atom is -0.389 e. The summed E-state index contributed by atoms with van der Waals surface area (Å²) >= 11 is 4.88. The van der Waals surface area contributed by atoms with Gasteiger partial charge in [-0.1, -0.05) is 12.2 Å². The normalized spacial score (nSPS) is 10.9. The molecule has 0 fully saturated rings. The molecule has 0 atom stereocenters. The number of thiocarbonyl (C=S) groups is 1. The van der Waals surface area contributed by atoms with E-state index in [9.17, 15) is 9.18 Å². The molecule has 0 bridgehead atoms. The van der Waals surface area contributed by atoms with Crippen molar-refractivity contribution in [2.75, 3.05) is 0 Å². The van der Waals surface area contributed by atoms with E-state index in [1.807, 2.05) is 0 Å². The molecule has 0 aliphatic rings. The fourth-order valence-electron chi connectivity index (χ4n) is 2.12. The van der Waals surface area contributed by atoms with Crippen molar-refractivity contribution in [3.8, 4) is 0 Å². The molecule has 0 unspecified atom stereocenters. The van der Waals surface area contributed by atoms with Gasteiger partial charge in [0.2, 0.25) is 0 Å². The first-order chi connectivity index (χ1) is 10.1. The van der Waals surface area contributed by atoms with E-state index in [0.29, 0.717) is 16.6 Å². The highest BCUT2D eigenvalue weighted by atomic mass is 32.1. The predicted octanol–water partition coefficient (Wildman–Crippen LogP) is 1.32. The zero-order valence-electron chi connectivity index (χ0n) is 10.9. The predicted molar refractivity (Wildman–Crippen MR) is 80.8 cm³/mol. The largest absolute Gasteiger partial charge is 0.389 e. The van der Waals surface area contributed by atoms with Crippen LogP contribution in [0.4, 0.5) is 4.39 Å². The van der Waals surface area contributed by atoms with Crippen LogP contribution in [-0.4, -0.2) is 19.2 Å². The number of benzene rings is 1. The van der Waals surface area contributed by atoms with Gasteiger partial charge in [-0.05, 0) is 24.3 Å². The first kappa shape index (κ1) is 13.4. The quantitative estimate of drug-likeness (QED) is 0.741. The number of aromatic nitrogens is 3. The highest BCUT2D eigenvalue weighted by Gasteiger charge is 2.09. The summed E-state index contributed by atoms with van der Waals surface area (Å²) in [5.41, 5.74) is 6.66. The Bertz CT molecular complexity index is 899. The second-order valence-corrected chi connectivity index (χ2v) is 5.00. The van der Waals surface area contributed by atoms with Crippen LogP contribution in [-0.2, 0) is 6.54 Å². The van der Waals surface area contributed by atoms with Gasteiger partial charge in [-0.2, -0.15) is 5.10 Å². The van der Waals surface area contributed by atoms with Crippen LogP contribution in [0, 0.1) is 5.82 Å². The molecule has 3 aromatic rings. The average molecular weight is 302 g/mol. The summed E-state index contributed by atoms with van der Waals surface area (Å²) in [4.78, 5) is 12.4. The molecule has 7 heteroatoms. The summed E-state index contributed by atoms with van der Waals surface area (Å²) in [7, 11) is 0. The summed E-state index contributed by atoms with van der Waals surface area (Å²) < 4.78 is 16.8. The third kappa shape index (κ3) is 2.43. The lowest BCUT2D eigenvalue weighted by atomic mass is 10.1. The highest BCUT2D eigenvalue weighted by molar-refractivity contribution is 7.80. The monoisotopic (exact) mass is 302 g/mol. The molecule has 106 valence electrons. The number of halogens is 1. The molecule has 21 heavy (non-hydrogen) atoms. The molecule has 1 aromatic carbocycles. The average Bonchev–Trinajstić information content (AvgIpc) is 2.93. The lowest BCUT2D eigenvalue weighted by Crippen LogP contribution is -2.22. The molecule has 0 saturated carbocycles. The number of rotatable bonds is 3. The van der Waals surface area contributed by atoms with E-state index in [0.717, 1.165) is 0 Å². The van der Waals surface area contributed by atoms with Crippen LogP contribution >= 0.6 is 12.2 Å². The van der Waals surface area contributed by atoms with Crippen molar-refractivity contribution in [3.63, 3.8) is 0 Å². The summed E-state index contributed by atoms with van der Waals surface area (Å²) in [5.74, 6) is -0.407. The second-order valence-electron chi connectivity index (χ2n) is 4.56. The van der Waals surface area contributed by atoms with Crippen LogP contribution in [0.3, 0.4) is 0 Å². The summed E-state index contributed by atoms with van der Waals surface area (Å²) in [6, 6.07) is 5.99. The van der Waals surface area contributed by atoms with Crippen LogP contribution in [0.25, 0.3) is 5.52 Å². The topological polar surface area (TPSA) is 65.3 Å². The Balaban J connectivity index is 2.06. The molecule has 0 spiro atoms. The van der Waals surface area contributed by atoms with E-state index in [1.54, 1.807) is 24.5 Å². The van der Waals surface area contributed by atoms with Crippen LogP contribution in [0.5, 0.6) is 0 Å². The minimum absolute atomic E-state index is 0.1000. The van der Waals surface area contributed by atoms with Gasteiger partial charge in [0.1, 0.15) is 16.3 Å². The Morgan fingerprint density at radius 3 is 2.90 bits per heavy atom. The third-order valence-electron chi connectivity index (χ3n) is 3.21. The van der Waals surface area contributed by atoms with E-state index in [2.05, 4.69) is 5.10 Å². The first-order valence-electron chi connectivity index (χ1n) is 6.17. The molecule has 2 N–H and O–H groups in total. The number of hydrogen-bond acceptors (Lipinski definition) is 3. The van der Waals surface area contributed by atoms with Crippen LogP contribution in [0.15, 0.2) is 47.7 Å². The molecular formula is C14H11FN4OS. The Morgan fingerprint density at radius 1 is 1.33 bits per heavy atom. The summed E-state index contributed by atoms with van der Waals surface area (Å²) in [6.45, 7) is 0.1000. The fraction of sp³-hybridized carbons (Fsp3) is 0.0714. The van der Waals surface area contributed by atoms with Gasteiger partial charge in [-0.3, -0.25) is 4.79 Å². The van der Waals surface area contributed by atoms with Crippen molar-refractivity contribution < 1.29 is 4.39 Å². The Morgan fingerprint density at radius 2 is 2.14 bits per heavy atom. The number of nitrogens with two attached hydrogens (primary N) is 1. The Labute approximate surface area is 124 Å². The maximum atomic E-state index is 13.9. The summed E-state index contributed by atoms with van der Waals surface area (Å²) in [5, 5.41) is 3.98. The number of fused-ring (bicyclic) bond motifs is 1. The van der Waals surface area contributed by atoms with Crippen LogP contribution in [0.2, 0.25) is 0 Å². The van der Waals surface area contributed by atoms with Gasteiger partial charge in [0.25, 0.3) is 5.56 Å². The van der Waals surface area contributed by atoms with Gasteiger partial charge in [0.15, 0.2) is 0 Å². The zero-order valence-corrected chi connectivity index (χ0v) is 11.7. The van der Waals surface area contributed by atoms with Crippen molar-refractivity contribution in [2.45, 2.75) is 6.54 Å². The van der Waals surface area contributed by atoms with Crippen molar-refractivity contribution in [1.82, 2.24) is 14.2 Å². The van der Waals surface area contributed by atoms with Crippen LogP contribution < -0.4 is 11.3 Å². The molecule has 0 aliphatic carbocycles. The highest BCUT2D eigenvalue weighted by Crippen LogP contribution is 2.12. The lowest BCUT2D eigenvalue weighted by Gasteiger charge is -2.09. The fourth-order valence-corrected chi connectivity index (χ4v) is 2.25. The van der Waals surface area contributed by atoms with Crippen LogP contribution in [0.1, 0.15) is 11.1 Å². The molecule has 2 aromatic heterocycles. The van der Waals surface area contributed by atoms with Gasteiger partial charge in [0, 0.05) is 23.5 Å². The van der Waals surface area contributed by atoms with Crippen molar-refractivity contribution >= 4 is 22.7 Å². The third-order valence-corrected chi connectivity index (χ3v) is 3.44. The lowest BCUT2D eigenvalue weighted by molar-refractivity contribution is 0.595. The number of hydrogen-bond donors (Lipinski definition) is 1. The molecule has 0 saturated heterocycles. The molecule has 3 rings (SSSR count). The first-order valence-corrected chi connectivity index (χ1v) is 6.58. The van der Waals surface area contributed by atoms with Gasteiger partial charge >= 0.3 is 0 Å². The Hall–Kier alpha value is -2.54. The van der Waals surface area contributed by atoms with E-state index >= 15 is 0 Å². The second kappa shape index (κ2) is 5.10. The smallest absolute Gasteiger partial charge is 0.276 e. The van der Waals surface area contributed by atoms with E-state index in [1.165, 1.54) is 27.4 Å². The van der Waals surface area contributed by atoms with E-state index < -0.39 is 5.82 Å². The van der Waals surface area contributed by atoms with E-state index in [4.69, 9.17) is 18.0 Å². The molecule has 0 amide bonds. The maximum Gasteiger partial charge on any atom is 0.276 e. The van der Waals surface area contributed by atoms with Gasteiger partial charge < -0.3 is 10.3 Å².